The summed E-state index contributed by atoms with van der Waals surface area (Å²) in [6.07, 6.45) is 0.910. The molecule has 0 aromatic carbocycles. The van der Waals surface area contributed by atoms with Gasteiger partial charge in [-0.1, -0.05) is 0 Å². The Balaban J connectivity index is 3.38. The van der Waals surface area contributed by atoms with Crippen LogP contribution >= 0.6 is 0 Å². The third-order valence-electron chi connectivity index (χ3n) is 6.76. The van der Waals surface area contributed by atoms with Crippen molar-refractivity contribution in [1.82, 2.24) is 13.7 Å². The number of carbonyl (C=O) groups is 1. The molecule has 0 atom stereocenters. The van der Waals surface area contributed by atoms with E-state index in [1.807, 2.05) is 0 Å². The van der Waals surface area contributed by atoms with Crippen LogP contribution in [0.5, 0.6) is 0 Å². The molecule has 1 aromatic rings. The molecule has 1 heterocycles. The fourth-order valence-corrected chi connectivity index (χ4v) is 9.15. The van der Waals surface area contributed by atoms with Crippen molar-refractivity contribution < 1.29 is 40.2 Å². The summed E-state index contributed by atoms with van der Waals surface area (Å²) < 4.78 is 46.2. The normalized spacial score (nSPS) is 12.7. The quantitative estimate of drug-likeness (QED) is 0.131. The molecule has 18 heteroatoms. The smallest absolute Gasteiger partial charge is 0.393 e. The van der Waals surface area contributed by atoms with Gasteiger partial charge < -0.3 is 40.2 Å². The average molecular weight is 614 g/mol. The van der Waals surface area contributed by atoms with Crippen molar-refractivity contribution in [2.24, 2.45) is 0 Å². The third kappa shape index (κ3) is 8.70. The maximum Gasteiger partial charge on any atom is 0.500 e. The number of rotatable bonds is 21. The maximum absolute atomic E-state index is 13.3. The molecule has 0 radical (unpaired) electrons. The van der Waals surface area contributed by atoms with Crippen molar-refractivity contribution in [3.05, 3.63) is 31.5 Å². The first-order chi connectivity index (χ1) is 18.6. The van der Waals surface area contributed by atoms with Gasteiger partial charge in [-0.25, -0.2) is 28.1 Å². The van der Waals surface area contributed by atoms with E-state index in [0.717, 1.165) is 13.7 Å². The van der Waals surface area contributed by atoms with E-state index in [-0.39, 0.29) is 32.1 Å². The summed E-state index contributed by atoms with van der Waals surface area (Å²) in [5.74, 6) is 0.657. The molecular formula is C21H43N3O12Si3. The standard InChI is InChI=1S/C21H43N3O12Si3/c1-29-37(18-25,30-2)15-9-12-22-19(26)23(13-10-16-38(31-3,32-4)33-5)21(28)24(20(22)27)14-11-17-39(34-6,35-7)36-8/h18H,9-17H2,1-8H3. The van der Waals surface area contributed by atoms with E-state index >= 15 is 0 Å². The highest BCUT2D eigenvalue weighted by Gasteiger charge is 2.38. The highest BCUT2D eigenvalue weighted by atomic mass is 28.4. The van der Waals surface area contributed by atoms with Crippen molar-refractivity contribution in [3.63, 3.8) is 0 Å². The van der Waals surface area contributed by atoms with Gasteiger partial charge in [0.1, 0.15) is 0 Å². The summed E-state index contributed by atoms with van der Waals surface area (Å²) in [5, 5.41) is 0. The molecular weight excluding hydrogens is 570 g/mol. The fraction of sp³-hybridized carbons (Fsp3) is 0.810. The molecule has 0 spiro atoms. The molecule has 39 heavy (non-hydrogen) atoms. The van der Waals surface area contributed by atoms with Gasteiger partial charge >= 0.3 is 43.2 Å². The Morgan fingerprint density at radius 1 is 0.513 bits per heavy atom. The van der Waals surface area contributed by atoms with Crippen LogP contribution in [0.25, 0.3) is 0 Å². The van der Waals surface area contributed by atoms with Gasteiger partial charge in [0.15, 0.2) is 5.91 Å². The van der Waals surface area contributed by atoms with Crippen LogP contribution < -0.4 is 17.1 Å². The minimum Gasteiger partial charge on any atom is -0.393 e. The number of hydrogen-bond donors (Lipinski definition) is 0. The first kappa shape index (κ1) is 35.4. The number of aromatic nitrogens is 3. The van der Waals surface area contributed by atoms with E-state index in [0.29, 0.717) is 30.8 Å². The minimum absolute atomic E-state index is 0.0127. The van der Waals surface area contributed by atoms with Crippen LogP contribution in [0.15, 0.2) is 14.4 Å². The van der Waals surface area contributed by atoms with Crippen molar-refractivity contribution in [3.8, 4) is 0 Å². The van der Waals surface area contributed by atoms with Crippen molar-refractivity contribution >= 4 is 32.1 Å². The molecule has 0 saturated carbocycles. The van der Waals surface area contributed by atoms with Gasteiger partial charge in [0.05, 0.1) is 0 Å². The molecule has 15 nitrogen and oxygen atoms in total. The Morgan fingerprint density at radius 2 is 0.795 bits per heavy atom. The number of nitrogens with zero attached hydrogens (tertiary/aromatic N) is 3. The first-order valence-corrected chi connectivity index (χ1v) is 18.4. The Kier molecular flexibility index (Phi) is 15.1. The summed E-state index contributed by atoms with van der Waals surface area (Å²) in [6, 6.07) is 0.919. The van der Waals surface area contributed by atoms with E-state index in [4.69, 9.17) is 35.4 Å². The molecule has 0 aliphatic heterocycles. The molecule has 0 fully saturated rings. The molecule has 0 amide bonds. The Bertz CT molecular complexity index is 984. The molecule has 0 N–H and O–H groups in total. The lowest BCUT2D eigenvalue weighted by molar-refractivity contribution is 0.122. The Morgan fingerprint density at radius 3 is 1.03 bits per heavy atom. The Labute approximate surface area is 231 Å². The fourth-order valence-electron chi connectivity index (χ4n) is 4.20. The predicted molar refractivity (Wildman–Crippen MR) is 148 cm³/mol. The third-order valence-corrected chi connectivity index (χ3v) is 15.2. The monoisotopic (exact) mass is 613 g/mol. The van der Waals surface area contributed by atoms with Gasteiger partial charge in [0, 0.05) is 88.6 Å². The SMILES string of the molecule is CO[Si](C=O)(CCCn1c(=O)n(CCC[Si](OC)(OC)OC)c(=O)n(CCC[Si](OC)(OC)OC)c1=O)OC. The summed E-state index contributed by atoms with van der Waals surface area (Å²) in [5.41, 5.74) is -2.22. The first-order valence-electron chi connectivity index (χ1n) is 12.4. The molecule has 0 aliphatic rings. The van der Waals surface area contributed by atoms with Gasteiger partial charge in [0.25, 0.3) is 0 Å². The Hall–Kier alpha value is -1.59. The van der Waals surface area contributed by atoms with Crippen LogP contribution in [-0.2, 0) is 59.8 Å². The second kappa shape index (κ2) is 16.6. The zero-order valence-corrected chi connectivity index (χ0v) is 27.2. The van der Waals surface area contributed by atoms with Crippen LogP contribution in [0, 0.1) is 0 Å². The van der Waals surface area contributed by atoms with Crippen LogP contribution in [-0.4, -0.2) is 103 Å². The van der Waals surface area contributed by atoms with Crippen LogP contribution in [0.4, 0.5) is 0 Å². The molecule has 0 saturated heterocycles. The van der Waals surface area contributed by atoms with Gasteiger partial charge in [-0.3, -0.25) is 0 Å². The van der Waals surface area contributed by atoms with Gasteiger partial charge in [0.2, 0.25) is 0 Å². The second-order valence-electron chi connectivity index (χ2n) is 8.54. The molecule has 1 rings (SSSR count). The number of carbonyl (C=O) groups excluding carboxylic acids is 1. The number of hydrogen-bond acceptors (Lipinski definition) is 12. The lowest BCUT2D eigenvalue weighted by atomic mass is 10.4. The molecule has 0 bridgehead atoms. The lowest BCUT2D eigenvalue weighted by Gasteiger charge is -2.25. The van der Waals surface area contributed by atoms with Gasteiger partial charge in [-0.2, -0.15) is 0 Å². The van der Waals surface area contributed by atoms with Crippen LogP contribution in [0.3, 0.4) is 0 Å². The zero-order chi connectivity index (χ0) is 29.7. The average Bonchev–Trinajstić information content (AvgIpc) is 2.97. The van der Waals surface area contributed by atoms with E-state index in [1.165, 1.54) is 56.9 Å². The van der Waals surface area contributed by atoms with Crippen molar-refractivity contribution in [1.29, 1.82) is 0 Å². The molecule has 0 aliphatic carbocycles. The van der Waals surface area contributed by atoms with E-state index in [2.05, 4.69) is 0 Å². The zero-order valence-electron chi connectivity index (χ0n) is 24.2. The largest absolute Gasteiger partial charge is 0.500 e. The topological polar surface area (TPSA) is 157 Å². The molecule has 226 valence electrons. The minimum atomic E-state index is -3.10. The van der Waals surface area contributed by atoms with E-state index in [1.54, 1.807) is 0 Å². The second-order valence-corrected chi connectivity index (χ2v) is 17.9. The van der Waals surface area contributed by atoms with Crippen molar-refractivity contribution in [2.75, 3.05) is 56.9 Å². The summed E-state index contributed by atoms with van der Waals surface area (Å²) in [4.78, 5) is 51.5. The summed E-state index contributed by atoms with van der Waals surface area (Å²) in [7, 11) is 2.65. The van der Waals surface area contributed by atoms with Gasteiger partial charge in [-0.15, -0.1) is 0 Å². The van der Waals surface area contributed by atoms with Crippen LogP contribution in [0.1, 0.15) is 19.3 Å². The van der Waals surface area contributed by atoms with E-state index < -0.39 is 43.2 Å². The lowest BCUT2D eigenvalue weighted by Crippen LogP contribution is -2.55. The highest BCUT2D eigenvalue weighted by Crippen LogP contribution is 2.16. The highest BCUT2D eigenvalue weighted by molar-refractivity contribution is 6.91. The molecule has 1 aromatic heterocycles. The summed E-state index contributed by atoms with van der Waals surface area (Å²) >= 11 is 0. The van der Waals surface area contributed by atoms with Crippen LogP contribution in [0.2, 0.25) is 18.1 Å². The molecule has 0 unspecified atom stereocenters. The summed E-state index contributed by atoms with van der Waals surface area (Å²) in [6.45, 7) is -0.00918. The van der Waals surface area contributed by atoms with E-state index in [9.17, 15) is 19.2 Å². The maximum atomic E-state index is 13.3. The van der Waals surface area contributed by atoms with Gasteiger partial charge in [-0.05, 0) is 25.3 Å². The predicted octanol–water partition coefficient (Wildman–Crippen LogP) is -0.395. The van der Waals surface area contributed by atoms with Crippen molar-refractivity contribution in [2.45, 2.75) is 57.0 Å².